The smallest absolute Gasteiger partial charge is 0.324 e. The number of anilines is 3. The first kappa shape index (κ1) is 34.4. The molecular formula is C36H33F6N5O. The summed E-state index contributed by atoms with van der Waals surface area (Å²) in [7, 11) is 0. The molecule has 0 fully saturated rings. The van der Waals surface area contributed by atoms with Gasteiger partial charge in [-0.1, -0.05) is 60.7 Å². The third kappa shape index (κ3) is 9.09. The fourth-order valence-corrected chi connectivity index (χ4v) is 5.26. The van der Waals surface area contributed by atoms with Gasteiger partial charge in [0.05, 0.1) is 24.1 Å². The lowest BCUT2D eigenvalue weighted by Crippen LogP contribution is -2.34. The summed E-state index contributed by atoms with van der Waals surface area (Å²) in [5.74, 6) is -0.0559. The number of aromatic nitrogens is 2. The Morgan fingerprint density at radius 3 is 2.06 bits per heavy atom. The number of amides is 1. The predicted octanol–water partition coefficient (Wildman–Crippen LogP) is 9.87. The molecule has 0 saturated carbocycles. The third-order valence-electron chi connectivity index (χ3n) is 7.96. The summed E-state index contributed by atoms with van der Waals surface area (Å²) < 4.78 is 77.7. The van der Waals surface area contributed by atoms with Crippen molar-refractivity contribution in [1.82, 2.24) is 14.9 Å². The molecule has 0 saturated heterocycles. The second-order valence-electron chi connectivity index (χ2n) is 11.5. The number of nitrogens with one attached hydrogen (secondary N) is 2. The van der Waals surface area contributed by atoms with Gasteiger partial charge in [0.25, 0.3) is 5.91 Å². The van der Waals surface area contributed by atoms with Crippen molar-refractivity contribution in [3.8, 4) is 11.3 Å². The summed E-state index contributed by atoms with van der Waals surface area (Å²) in [4.78, 5) is 23.8. The van der Waals surface area contributed by atoms with E-state index in [1.165, 1.54) is 0 Å². The zero-order valence-electron chi connectivity index (χ0n) is 26.2. The van der Waals surface area contributed by atoms with Gasteiger partial charge in [0.1, 0.15) is 0 Å². The van der Waals surface area contributed by atoms with E-state index in [1.807, 2.05) is 54.6 Å². The van der Waals surface area contributed by atoms with E-state index in [1.54, 1.807) is 56.3 Å². The molecule has 12 heteroatoms. The Morgan fingerprint density at radius 1 is 0.792 bits per heavy atom. The highest BCUT2D eigenvalue weighted by molar-refractivity contribution is 6.05. The minimum atomic E-state index is -4.51. The lowest BCUT2D eigenvalue weighted by atomic mass is 10.0. The van der Waals surface area contributed by atoms with Crippen molar-refractivity contribution >= 4 is 34.1 Å². The van der Waals surface area contributed by atoms with E-state index < -0.39 is 50.2 Å². The molecule has 0 spiro atoms. The molecule has 1 heterocycles. The van der Waals surface area contributed by atoms with Crippen LogP contribution in [-0.4, -0.2) is 46.2 Å². The molecular weight excluding hydrogens is 632 g/mol. The first-order valence-electron chi connectivity index (χ1n) is 15.2. The molecule has 0 aliphatic rings. The van der Waals surface area contributed by atoms with Gasteiger partial charge in [-0.05, 0) is 61.4 Å². The maximum atomic E-state index is 13.2. The Balaban J connectivity index is 1.30. The van der Waals surface area contributed by atoms with Crippen LogP contribution in [0.2, 0.25) is 0 Å². The molecule has 5 rings (SSSR count). The topological polar surface area (TPSA) is 70.2 Å². The highest BCUT2D eigenvalue weighted by atomic mass is 19.4. The Kier molecular flexibility index (Phi) is 10.3. The standard InChI is InChI=1S/C36H33F6N5O/c1-23-12-13-27(24(2)47(20-18-35(37,38)39)21-19-36(40,41)42)22-31(23)44-33(48)26-14-16-28(17-15-26)43-34-45-30-11-7-6-10-29(30)32(46-34)25-8-4-3-5-9-25/h3-17,22,24H,18-21H2,1-2H3,(H,44,48)(H,43,45,46). The van der Waals surface area contributed by atoms with Crippen molar-refractivity contribution in [1.29, 1.82) is 0 Å². The largest absolute Gasteiger partial charge is 0.390 e. The average molecular weight is 666 g/mol. The fourth-order valence-electron chi connectivity index (χ4n) is 5.26. The third-order valence-corrected chi connectivity index (χ3v) is 7.96. The van der Waals surface area contributed by atoms with Crippen LogP contribution >= 0.6 is 0 Å². The van der Waals surface area contributed by atoms with Gasteiger partial charge in [-0.25, -0.2) is 9.97 Å². The van der Waals surface area contributed by atoms with E-state index in [0.717, 1.165) is 27.1 Å². The number of para-hydroxylation sites is 1. The van der Waals surface area contributed by atoms with Crippen molar-refractivity contribution < 1.29 is 31.1 Å². The molecule has 250 valence electrons. The van der Waals surface area contributed by atoms with Gasteiger partial charge < -0.3 is 10.6 Å². The van der Waals surface area contributed by atoms with Crippen molar-refractivity contribution in [2.45, 2.75) is 45.1 Å². The number of rotatable bonds is 11. The number of aryl methyl sites for hydroxylation is 1. The number of fused-ring (bicyclic) bond motifs is 1. The summed E-state index contributed by atoms with van der Waals surface area (Å²) in [5.41, 5.74) is 5.01. The van der Waals surface area contributed by atoms with E-state index in [4.69, 9.17) is 4.98 Å². The van der Waals surface area contributed by atoms with Crippen molar-refractivity contribution in [3.63, 3.8) is 0 Å². The zero-order valence-corrected chi connectivity index (χ0v) is 26.2. The molecule has 1 amide bonds. The summed E-state index contributed by atoms with van der Waals surface area (Å²) in [5, 5.41) is 6.93. The first-order chi connectivity index (χ1) is 22.8. The van der Waals surface area contributed by atoms with Gasteiger partial charge in [0, 0.05) is 47.0 Å². The Hall–Kier alpha value is -4.97. The van der Waals surface area contributed by atoms with E-state index in [-0.39, 0.29) is 0 Å². The fraction of sp³-hybridized carbons (Fsp3) is 0.250. The lowest BCUT2D eigenvalue weighted by Gasteiger charge is -2.30. The quantitative estimate of drug-likeness (QED) is 0.138. The molecule has 5 aromatic rings. The maximum absolute atomic E-state index is 13.2. The normalized spacial score (nSPS) is 12.7. The molecule has 1 atom stereocenters. The van der Waals surface area contributed by atoms with Gasteiger partial charge in [-0.15, -0.1) is 0 Å². The van der Waals surface area contributed by atoms with Gasteiger partial charge in [-0.3, -0.25) is 9.69 Å². The van der Waals surface area contributed by atoms with Crippen LogP contribution in [0.4, 0.5) is 43.7 Å². The number of benzene rings is 4. The molecule has 1 aromatic heterocycles. The summed E-state index contributed by atoms with van der Waals surface area (Å²) >= 11 is 0. The number of alkyl halides is 6. The second-order valence-corrected chi connectivity index (χ2v) is 11.5. The number of hydrogen-bond acceptors (Lipinski definition) is 5. The van der Waals surface area contributed by atoms with Gasteiger partial charge in [0.2, 0.25) is 5.95 Å². The molecule has 0 aliphatic carbocycles. The van der Waals surface area contributed by atoms with Crippen LogP contribution in [0.25, 0.3) is 22.2 Å². The van der Waals surface area contributed by atoms with E-state index in [9.17, 15) is 31.1 Å². The average Bonchev–Trinajstić information content (AvgIpc) is 3.05. The number of carbonyl (C=O) groups is 1. The molecule has 0 aliphatic heterocycles. The molecule has 1 unspecified atom stereocenters. The van der Waals surface area contributed by atoms with Crippen LogP contribution in [0.1, 0.15) is 47.3 Å². The van der Waals surface area contributed by atoms with Crippen LogP contribution < -0.4 is 10.6 Å². The van der Waals surface area contributed by atoms with Gasteiger partial charge in [0.15, 0.2) is 0 Å². The second kappa shape index (κ2) is 14.4. The number of nitrogens with zero attached hydrogens (tertiary/aromatic N) is 3. The van der Waals surface area contributed by atoms with E-state index >= 15 is 0 Å². The van der Waals surface area contributed by atoms with Crippen LogP contribution in [0.3, 0.4) is 0 Å². The van der Waals surface area contributed by atoms with Crippen LogP contribution in [0.5, 0.6) is 0 Å². The Bertz CT molecular complexity index is 1840. The van der Waals surface area contributed by atoms with Gasteiger partial charge in [-0.2, -0.15) is 26.3 Å². The zero-order chi connectivity index (χ0) is 34.5. The SMILES string of the molecule is Cc1ccc(C(C)N(CCC(F)(F)F)CCC(F)(F)F)cc1NC(=O)c1ccc(Nc2nc(-c3ccccc3)c3ccccc3n2)cc1. The molecule has 2 N–H and O–H groups in total. The molecule has 48 heavy (non-hydrogen) atoms. The van der Waals surface area contributed by atoms with Crippen LogP contribution in [-0.2, 0) is 0 Å². The summed E-state index contributed by atoms with van der Waals surface area (Å²) in [6, 6.07) is 28.2. The molecule has 4 aromatic carbocycles. The number of hydrogen-bond donors (Lipinski definition) is 2. The van der Waals surface area contributed by atoms with E-state index in [2.05, 4.69) is 15.6 Å². The minimum Gasteiger partial charge on any atom is -0.324 e. The maximum Gasteiger partial charge on any atom is 0.390 e. The van der Waals surface area contributed by atoms with Crippen molar-refractivity contribution in [3.05, 3.63) is 114 Å². The molecule has 0 bridgehead atoms. The Labute approximate surface area is 273 Å². The monoisotopic (exact) mass is 665 g/mol. The first-order valence-corrected chi connectivity index (χ1v) is 15.2. The van der Waals surface area contributed by atoms with E-state index in [0.29, 0.717) is 34.0 Å². The van der Waals surface area contributed by atoms with Gasteiger partial charge >= 0.3 is 12.4 Å². The van der Waals surface area contributed by atoms with Crippen LogP contribution in [0.15, 0.2) is 97.1 Å². The van der Waals surface area contributed by atoms with Crippen molar-refractivity contribution in [2.24, 2.45) is 0 Å². The summed E-state index contributed by atoms with van der Waals surface area (Å²) in [6.07, 6.45) is -11.5. The number of carbonyl (C=O) groups excluding carboxylic acids is 1. The molecule has 6 nitrogen and oxygen atoms in total. The van der Waals surface area contributed by atoms with Crippen molar-refractivity contribution in [2.75, 3.05) is 23.7 Å². The summed E-state index contributed by atoms with van der Waals surface area (Å²) in [6.45, 7) is 2.12. The Morgan fingerprint density at radius 2 is 1.42 bits per heavy atom. The number of halogens is 6. The minimum absolute atomic E-state index is 0.333. The highest BCUT2D eigenvalue weighted by Gasteiger charge is 2.32. The highest BCUT2D eigenvalue weighted by Crippen LogP contribution is 2.31. The van der Waals surface area contributed by atoms with Crippen LogP contribution in [0, 0.1) is 6.92 Å². The predicted molar refractivity (Wildman–Crippen MR) is 175 cm³/mol. The molecule has 0 radical (unpaired) electrons. The lowest BCUT2D eigenvalue weighted by molar-refractivity contribution is -0.147.